The SMILES string of the molecule is CC1NC=CN1C(=O)n1ccnc1. The number of aromatic nitrogens is 2. The highest BCUT2D eigenvalue weighted by molar-refractivity contribution is 5.78. The minimum absolute atomic E-state index is 0.00917. The maximum atomic E-state index is 11.7. The Hall–Kier alpha value is -1.78. The lowest BCUT2D eigenvalue weighted by molar-refractivity contribution is 0.206. The van der Waals surface area contributed by atoms with E-state index in [9.17, 15) is 4.79 Å². The first-order valence-electron chi connectivity index (χ1n) is 4.02. The lowest BCUT2D eigenvalue weighted by atomic mass is 10.5. The highest BCUT2D eigenvalue weighted by atomic mass is 16.2. The van der Waals surface area contributed by atoms with E-state index >= 15 is 0 Å². The van der Waals surface area contributed by atoms with Crippen molar-refractivity contribution >= 4 is 6.03 Å². The van der Waals surface area contributed by atoms with Crippen molar-refractivity contribution < 1.29 is 4.79 Å². The van der Waals surface area contributed by atoms with Crippen molar-refractivity contribution in [3.05, 3.63) is 31.1 Å². The van der Waals surface area contributed by atoms with E-state index < -0.39 is 0 Å². The van der Waals surface area contributed by atoms with Crippen LogP contribution in [0.2, 0.25) is 0 Å². The van der Waals surface area contributed by atoms with E-state index in [-0.39, 0.29) is 12.2 Å². The average Bonchev–Trinajstić information content (AvgIpc) is 2.72. The first kappa shape index (κ1) is 7.85. The van der Waals surface area contributed by atoms with E-state index in [2.05, 4.69) is 10.3 Å². The van der Waals surface area contributed by atoms with E-state index in [1.165, 1.54) is 10.9 Å². The van der Waals surface area contributed by atoms with E-state index in [1.54, 1.807) is 29.7 Å². The molecule has 1 aliphatic heterocycles. The summed E-state index contributed by atoms with van der Waals surface area (Å²) in [5.74, 6) is 0. The van der Waals surface area contributed by atoms with Gasteiger partial charge in [0.05, 0.1) is 0 Å². The van der Waals surface area contributed by atoms with Crippen LogP contribution < -0.4 is 5.32 Å². The Morgan fingerprint density at radius 3 is 3.00 bits per heavy atom. The number of hydrogen-bond donors (Lipinski definition) is 1. The molecule has 1 N–H and O–H groups in total. The standard InChI is InChI=1S/C8H10N4O/c1-7-10-3-5-12(7)8(13)11-4-2-9-6-11/h2-7,10H,1H3. The van der Waals surface area contributed by atoms with E-state index in [0.29, 0.717) is 0 Å². The van der Waals surface area contributed by atoms with E-state index in [1.807, 2.05) is 6.92 Å². The molecule has 1 unspecified atom stereocenters. The van der Waals surface area contributed by atoms with Crippen LogP contribution in [0.25, 0.3) is 0 Å². The molecule has 1 aliphatic rings. The fraction of sp³-hybridized carbons (Fsp3) is 0.250. The molecular formula is C8H10N4O. The summed E-state index contributed by atoms with van der Waals surface area (Å²) in [6.45, 7) is 1.91. The molecule has 2 rings (SSSR count). The van der Waals surface area contributed by atoms with Gasteiger partial charge in [0.25, 0.3) is 0 Å². The fourth-order valence-corrected chi connectivity index (χ4v) is 1.21. The van der Waals surface area contributed by atoms with Gasteiger partial charge in [-0.3, -0.25) is 9.47 Å². The lowest BCUT2D eigenvalue weighted by Crippen LogP contribution is -2.38. The first-order valence-corrected chi connectivity index (χ1v) is 4.02. The maximum Gasteiger partial charge on any atom is 0.335 e. The molecule has 0 radical (unpaired) electrons. The quantitative estimate of drug-likeness (QED) is 0.632. The predicted molar refractivity (Wildman–Crippen MR) is 46.6 cm³/mol. The van der Waals surface area contributed by atoms with Crippen molar-refractivity contribution in [3.8, 4) is 0 Å². The van der Waals surface area contributed by atoms with Crippen LogP contribution in [0, 0.1) is 0 Å². The number of carbonyl (C=O) groups excluding carboxylic acids is 1. The van der Waals surface area contributed by atoms with Crippen molar-refractivity contribution in [2.75, 3.05) is 0 Å². The van der Waals surface area contributed by atoms with Crippen LogP contribution in [0.5, 0.6) is 0 Å². The number of carbonyl (C=O) groups is 1. The molecule has 1 amide bonds. The maximum absolute atomic E-state index is 11.7. The second kappa shape index (κ2) is 2.93. The molecule has 0 bridgehead atoms. The lowest BCUT2D eigenvalue weighted by Gasteiger charge is -2.19. The Morgan fingerprint density at radius 2 is 2.46 bits per heavy atom. The molecule has 0 spiro atoms. The highest BCUT2D eigenvalue weighted by Gasteiger charge is 2.21. The molecule has 0 aliphatic carbocycles. The predicted octanol–water partition coefficient (Wildman–Crippen LogP) is 0.574. The summed E-state index contributed by atoms with van der Waals surface area (Å²) in [4.78, 5) is 17.1. The zero-order chi connectivity index (χ0) is 9.26. The molecule has 1 atom stereocenters. The van der Waals surface area contributed by atoms with E-state index in [4.69, 9.17) is 0 Å². The van der Waals surface area contributed by atoms with Gasteiger partial charge in [0, 0.05) is 24.8 Å². The van der Waals surface area contributed by atoms with Gasteiger partial charge in [-0.05, 0) is 6.92 Å². The van der Waals surface area contributed by atoms with Crippen LogP contribution in [-0.2, 0) is 0 Å². The van der Waals surface area contributed by atoms with Gasteiger partial charge in [-0.15, -0.1) is 0 Å². The van der Waals surface area contributed by atoms with Crippen LogP contribution in [0.4, 0.5) is 4.79 Å². The molecule has 0 saturated heterocycles. The molecule has 0 fully saturated rings. The van der Waals surface area contributed by atoms with Gasteiger partial charge in [-0.2, -0.15) is 0 Å². The monoisotopic (exact) mass is 178 g/mol. The topological polar surface area (TPSA) is 50.2 Å². The number of amides is 1. The summed E-state index contributed by atoms with van der Waals surface area (Å²) < 4.78 is 1.44. The summed E-state index contributed by atoms with van der Waals surface area (Å²) in [5.41, 5.74) is 0. The third kappa shape index (κ3) is 1.28. The Kier molecular flexibility index (Phi) is 1.77. The summed E-state index contributed by atoms with van der Waals surface area (Å²) in [6, 6.07) is -0.105. The molecule has 68 valence electrons. The van der Waals surface area contributed by atoms with Gasteiger partial charge < -0.3 is 5.32 Å². The molecule has 13 heavy (non-hydrogen) atoms. The molecule has 0 saturated carbocycles. The third-order valence-electron chi connectivity index (χ3n) is 1.94. The Balaban J connectivity index is 2.18. The molecule has 5 heteroatoms. The number of nitrogens with one attached hydrogen (secondary N) is 1. The third-order valence-corrected chi connectivity index (χ3v) is 1.94. The molecular weight excluding hydrogens is 168 g/mol. The minimum Gasteiger partial charge on any atom is -0.370 e. The molecule has 2 heterocycles. The fourth-order valence-electron chi connectivity index (χ4n) is 1.21. The van der Waals surface area contributed by atoms with Gasteiger partial charge >= 0.3 is 6.03 Å². The van der Waals surface area contributed by atoms with Crippen molar-refractivity contribution in [1.82, 2.24) is 19.8 Å². The molecule has 0 aromatic carbocycles. The Bertz CT molecular complexity index is 330. The van der Waals surface area contributed by atoms with Crippen molar-refractivity contribution in [1.29, 1.82) is 0 Å². The van der Waals surface area contributed by atoms with E-state index in [0.717, 1.165) is 0 Å². The van der Waals surface area contributed by atoms with Crippen LogP contribution in [0.3, 0.4) is 0 Å². The highest BCUT2D eigenvalue weighted by Crippen LogP contribution is 2.06. The van der Waals surface area contributed by atoms with Gasteiger partial charge in [0.1, 0.15) is 12.5 Å². The van der Waals surface area contributed by atoms with Crippen molar-refractivity contribution in [2.24, 2.45) is 0 Å². The smallest absolute Gasteiger partial charge is 0.335 e. The number of nitrogens with zero attached hydrogens (tertiary/aromatic N) is 3. The Morgan fingerprint density at radius 1 is 1.62 bits per heavy atom. The summed E-state index contributed by atoms with van der Waals surface area (Å²) in [5, 5.41) is 3.00. The van der Waals surface area contributed by atoms with Crippen molar-refractivity contribution in [3.63, 3.8) is 0 Å². The van der Waals surface area contributed by atoms with Gasteiger partial charge in [0.15, 0.2) is 0 Å². The summed E-state index contributed by atoms with van der Waals surface area (Å²) >= 11 is 0. The summed E-state index contributed by atoms with van der Waals surface area (Å²) in [6.07, 6.45) is 8.17. The first-order chi connectivity index (χ1) is 6.29. The second-order valence-electron chi connectivity index (χ2n) is 2.82. The number of hydrogen-bond acceptors (Lipinski definition) is 3. The number of rotatable bonds is 0. The van der Waals surface area contributed by atoms with Crippen LogP contribution in [0.15, 0.2) is 31.1 Å². The average molecular weight is 178 g/mol. The minimum atomic E-state index is -0.105. The zero-order valence-corrected chi connectivity index (χ0v) is 7.21. The molecule has 1 aromatic heterocycles. The van der Waals surface area contributed by atoms with Crippen molar-refractivity contribution in [2.45, 2.75) is 13.1 Å². The van der Waals surface area contributed by atoms with Crippen LogP contribution in [-0.4, -0.2) is 26.6 Å². The largest absolute Gasteiger partial charge is 0.370 e. The molecule has 1 aromatic rings. The normalized spacial score (nSPS) is 20.4. The molecule has 5 nitrogen and oxygen atoms in total. The van der Waals surface area contributed by atoms with Crippen LogP contribution in [0.1, 0.15) is 6.92 Å². The van der Waals surface area contributed by atoms with Gasteiger partial charge in [-0.1, -0.05) is 0 Å². The Labute approximate surface area is 75.7 Å². The summed E-state index contributed by atoms with van der Waals surface area (Å²) in [7, 11) is 0. The zero-order valence-electron chi connectivity index (χ0n) is 7.21. The second-order valence-corrected chi connectivity index (χ2v) is 2.82. The van der Waals surface area contributed by atoms with Gasteiger partial charge in [-0.25, -0.2) is 9.78 Å². The van der Waals surface area contributed by atoms with Crippen LogP contribution >= 0.6 is 0 Å². The number of imidazole rings is 1. The van der Waals surface area contributed by atoms with Gasteiger partial charge in [0.2, 0.25) is 0 Å².